The van der Waals surface area contributed by atoms with Gasteiger partial charge in [-0.3, -0.25) is 9.48 Å². The maximum Gasteiger partial charge on any atom is 0.410 e. The van der Waals surface area contributed by atoms with Crippen molar-refractivity contribution in [1.82, 2.24) is 19.7 Å². The van der Waals surface area contributed by atoms with Gasteiger partial charge in [0.2, 0.25) is 17.7 Å². The number of aryl methyl sites for hydroxylation is 1. The smallest absolute Gasteiger partial charge is 0.410 e. The number of aromatic nitrogens is 3. The number of carbonyl (C=O) groups excluding carboxylic acids is 2. The molecule has 1 saturated heterocycles. The van der Waals surface area contributed by atoms with E-state index < -0.39 is 11.7 Å². The highest BCUT2D eigenvalue weighted by Gasteiger charge is 2.37. The van der Waals surface area contributed by atoms with Crippen molar-refractivity contribution in [3.63, 3.8) is 0 Å². The first-order valence-corrected chi connectivity index (χ1v) is 16.6. The number of hydrogen-bond donors (Lipinski definition) is 0. The number of benzene rings is 3. The molecule has 49 heavy (non-hydrogen) atoms. The molecule has 0 unspecified atom stereocenters. The number of rotatable bonds is 9. The van der Waals surface area contributed by atoms with Gasteiger partial charge >= 0.3 is 6.09 Å². The molecule has 0 radical (unpaired) electrons. The van der Waals surface area contributed by atoms with Crippen LogP contribution in [0.4, 0.5) is 10.5 Å². The van der Waals surface area contributed by atoms with Crippen molar-refractivity contribution in [2.75, 3.05) is 11.9 Å². The van der Waals surface area contributed by atoms with Crippen LogP contribution in [0.25, 0.3) is 22.2 Å². The van der Waals surface area contributed by atoms with E-state index >= 15 is 0 Å². The lowest BCUT2D eigenvalue weighted by atomic mass is 9.95. The minimum absolute atomic E-state index is 0.0483. The predicted octanol–water partition coefficient (Wildman–Crippen LogP) is 7.54. The summed E-state index contributed by atoms with van der Waals surface area (Å²) in [4.78, 5) is 34.4. The summed E-state index contributed by atoms with van der Waals surface area (Å²) >= 11 is 0. The highest BCUT2D eigenvalue weighted by molar-refractivity contribution is 6.00. The second kappa shape index (κ2) is 14.0. The van der Waals surface area contributed by atoms with Gasteiger partial charge in [-0.2, -0.15) is 10.1 Å². The normalized spacial score (nSPS) is 16.4. The van der Waals surface area contributed by atoms with Gasteiger partial charge in [0, 0.05) is 49.7 Å². The molecule has 0 saturated carbocycles. The Morgan fingerprint density at radius 2 is 1.57 bits per heavy atom. The largest absolute Gasteiger partial charge is 0.473 e. The van der Waals surface area contributed by atoms with Gasteiger partial charge in [0.25, 0.3) is 0 Å². The number of fused-ring (bicyclic) bond motifs is 1. The SMILES string of the molecule is C[C@@H]1C[C@H](N(C)C(=O)OC(C)(C)C)CC(=O)N1c1ccc2c(-c3ccc(OCc4ccccc4)nc3OCc3ccccc3)nn(C)c2c1. The second-order valence-electron chi connectivity index (χ2n) is 13.5. The number of anilines is 1. The summed E-state index contributed by atoms with van der Waals surface area (Å²) in [5, 5.41) is 5.80. The number of hydrogen-bond acceptors (Lipinski definition) is 7. The van der Waals surface area contributed by atoms with E-state index in [1.165, 1.54) is 0 Å². The van der Waals surface area contributed by atoms with Gasteiger partial charge < -0.3 is 24.0 Å². The van der Waals surface area contributed by atoms with E-state index in [4.69, 9.17) is 24.3 Å². The number of amides is 2. The Labute approximate surface area is 287 Å². The van der Waals surface area contributed by atoms with Gasteiger partial charge in [-0.05, 0) is 69.5 Å². The second-order valence-corrected chi connectivity index (χ2v) is 13.5. The molecule has 5 aromatic rings. The van der Waals surface area contributed by atoms with E-state index in [0.717, 1.165) is 33.3 Å². The Morgan fingerprint density at radius 1 is 0.918 bits per heavy atom. The molecule has 10 nitrogen and oxygen atoms in total. The third-order valence-electron chi connectivity index (χ3n) is 8.61. The summed E-state index contributed by atoms with van der Waals surface area (Å²) in [5.74, 6) is 0.817. The van der Waals surface area contributed by atoms with Crippen molar-refractivity contribution in [2.24, 2.45) is 7.05 Å². The fourth-order valence-corrected chi connectivity index (χ4v) is 6.15. The summed E-state index contributed by atoms with van der Waals surface area (Å²) in [6.45, 7) is 8.22. The van der Waals surface area contributed by atoms with Crippen LogP contribution in [0.2, 0.25) is 0 Å². The van der Waals surface area contributed by atoms with Crippen molar-refractivity contribution in [3.05, 3.63) is 102 Å². The predicted molar refractivity (Wildman–Crippen MR) is 189 cm³/mol. The highest BCUT2D eigenvalue weighted by atomic mass is 16.6. The van der Waals surface area contributed by atoms with Crippen LogP contribution in [0.1, 0.15) is 51.7 Å². The van der Waals surface area contributed by atoms with E-state index in [0.29, 0.717) is 37.1 Å². The minimum Gasteiger partial charge on any atom is -0.473 e. The molecule has 1 aliphatic rings. The molecule has 2 atom stereocenters. The molecule has 254 valence electrons. The first kappa shape index (κ1) is 33.5. The molecule has 3 aromatic carbocycles. The van der Waals surface area contributed by atoms with Crippen LogP contribution in [-0.4, -0.2) is 56.4 Å². The van der Waals surface area contributed by atoms with E-state index in [1.54, 1.807) is 11.9 Å². The van der Waals surface area contributed by atoms with Crippen LogP contribution < -0.4 is 14.4 Å². The maximum atomic E-state index is 13.6. The maximum absolute atomic E-state index is 13.6. The van der Waals surface area contributed by atoms with Crippen molar-refractivity contribution in [3.8, 4) is 23.0 Å². The van der Waals surface area contributed by atoms with Crippen LogP contribution in [0.3, 0.4) is 0 Å². The average Bonchev–Trinajstić information content (AvgIpc) is 3.41. The zero-order valence-electron chi connectivity index (χ0n) is 28.9. The zero-order chi connectivity index (χ0) is 34.7. The minimum atomic E-state index is -0.609. The van der Waals surface area contributed by atoms with E-state index in [2.05, 4.69) is 0 Å². The molecule has 1 aliphatic heterocycles. The van der Waals surface area contributed by atoms with Crippen molar-refractivity contribution in [1.29, 1.82) is 0 Å². The number of ether oxygens (including phenoxy) is 3. The Balaban J connectivity index is 1.27. The molecule has 2 aromatic heterocycles. The first-order chi connectivity index (χ1) is 23.5. The molecular weight excluding hydrogens is 618 g/mol. The van der Waals surface area contributed by atoms with Crippen LogP contribution in [0, 0.1) is 0 Å². The van der Waals surface area contributed by atoms with Gasteiger partial charge in [-0.15, -0.1) is 0 Å². The molecule has 0 bridgehead atoms. The Kier molecular flexibility index (Phi) is 9.58. The Bertz CT molecular complexity index is 1940. The standard InChI is InChI=1S/C39H43N5O5/c1-26-21-30(42(5)38(46)49-39(2,3)4)23-35(45)44(26)29-17-18-31-33(22-29)43(6)41-36(31)32-19-20-34(47-24-27-13-9-7-10-14-27)40-37(32)48-25-28-15-11-8-12-16-28/h7-20,22,26,30H,21,23-25H2,1-6H3/t26-,30+/m1/s1. The molecule has 0 spiro atoms. The number of carbonyl (C=O) groups is 2. The number of pyridine rings is 1. The lowest BCUT2D eigenvalue weighted by Crippen LogP contribution is -2.53. The molecule has 10 heteroatoms. The van der Waals surface area contributed by atoms with Crippen LogP contribution in [0.15, 0.2) is 91.0 Å². The number of nitrogens with zero attached hydrogens (tertiary/aromatic N) is 5. The third kappa shape index (κ3) is 7.69. The Morgan fingerprint density at radius 3 is 2.20 bits per heavy atom. The fraction of sp³-hybridized carbons (Fsp3) is 0.333. The molecular formula is C39H43N5O5. The Hall–Kier alpha value is -5.38. The summed E-state index contributed by atoms with van der Waals surface area (Å²) in [5.41, 5.74) is 4.53. The van der Waals surface area contributed by atoms with Gasteiger partial charge in [0.1, 0.15) is 24.5 Å². The van der Waals surface area contributed by atoms with Crippen LogP contribution >= 0.6 is 0 Å². The van der Waals surface area contributed by atoms with E-state index in [9.17, 15) is 9.59 Å². The topological polar surface area (TPSA) is 99.0 Å². The van der Waals surface area contributed by atoms with Crippen LogP contribution in [-0.2, 0) is 29.8 Å². The highest BCUT2D eigenvalue weighted by Crippen LogP contribution is 2.38. The summed E-state index contributed by atoms with van der Waals surface area (Å²) in [7, 11) is 3.59. The fourth-order valence-electron chi connectivity index (χ4n) is 6.15. The molecule has 2 amide bonds. The van der Waals surface area contributed by atoms with Gasteiger partial charge in [-0.25, -0.2) is 4.79 Å². The lowest BCUT2D eigenvalue weighted by molar-refractivity contribution is -0.121. The van der Waals surface area contributed by atoms with Crippen molar-refractivity contribution in [2.45, 2.75) is 71.4 Å². The summed E-state index contributed by atoms with van der Waals surface area (Å²) < 4.78 is 19.7. The third-order valence-corrected chi connectivity index (χ3v) is 8.61. The van der Waals surface area contributed by atoms with Crippen molar-refractivity contribution < 1.29 is 23.8 Å². The number of piperidine rings is 1. The van der Waals surface area contributed by atoms with Gasteiger partial charge in [0.15, 0.2) is 0 Å². The van der Waals surface area contributed by atoms with Gasteiger partial charge in [-0.1, -0.05) is 60.7 Å². The molecule has 1 fully saturated rings. The summed E-state index contributed by atoms with van der Waals surface area (Å²) in [6.07, 6.45) is 0.413. The lowest BCUT2D eigenvalue weighted by Gasteiger charge is -2.41. The average molecular weight is 662 g/mol. The molecule has 3 heterocycles. The molecule has 0 N–H and O–H groups in total. The van der Waals surface area contributed by atoms with E-state index in [1.807, 2.05) is 135 Å². The molecule has 0 aliphatic carbocycles. The van der Waals surface area contributed by atoms with Crippen LogP contribution in [0.5, 0.6) is 11.8 Å². The van der Waals surface area contributed by atoms with Crippen molar-refractivity contribution >= 4 is 28.6 Å². The summed E-state index contributed by atoms with van der Waals surface area (Å²) in [6, 6.07) is 29.2. The monoisotopic (exact) mass is 661 g/mol. The molecule has 6 rings (SSSR count). The quantitative estimate of drug-likeness (QED) is 0.161. The first-order valence-electron chi connectivity index (χ1n) is 16.6. The van der Waals surface area contributed by atoms with Gasteiger partial charge in [0.05, 0.1) is 11.1 Å². The zero-order valence-corrected chi connectivity index (χ0v) is 28.9. The van der Waals surface area contributed by atoms with E-state index in [-0.39, 0.29) is 24.4 Å².